The molecule has 2 aliphatic carbocycles. The van der Waals surface area contributed by atoms with Crippen LogP contribution in [0.4, 0.5) is 0 Å². The minimum Gasteiger partial charge on any atom is -0.299 e. The number of aromatic nitrogens is 2. The molecule has 0 bridgehead atoms. The van der Waals surface area contributed by atoms with Gasteiger partial charge in [0.25, 0.3) is 0 Å². The lowest BCUT2D eigenvalue weighted by molar-refractivity contribution is 0.444. The van der Waals surface area contributed by atoms with Gasteiger partial charge in [-0.3, -0.25) is 4.40 Å². The van der Waals surface area contributed by atoms with Crippen molar-refractivity contribution in [3.63, 3.8) is 0 Å². The lowest BCUT2D eigenvalue weighted by Gasteiger charge is -2.23. The number of fused-ring (bicyclic) bond motifs is 6. The van der Waals surface area contributed by atoms with Crippen molar-refractivity contribution in [3.05, 3.63) is 59.9 Å². The van der Waals surface area contributed by atoms with Gasteiger partial charge in [0, 0.05) is 23.2 Å². The Kier molecular flexibility index (Phi) is 4.84. The Labute approximate surface area is 180 Å². The van der Waals surface area contributed by atoms with Gasteiger partial charge in [0.1, 0.15) is 5.65 Å². The van der Waals surface area contributed by atoms with E-state index in [2.05, 4.69) is 60.8 Å². The molecule has 0 radical (unpaired) electrons. The molecule has 2 atom stereocenters. The fourth-order valence-electron chi connectivity index (χ4n) is 5.80. The first-order valence-electron chi connectivity index (χ1n) is 12.0. The van der Waals surface area contributed by atoms with Gasteiger partial charge in [0.15, 0.2) is 0 Å². The van der Waals surface area contributed by atoms with Crippen LogP contribution in [0.15, 0.2) is 48.8 Å². The van der Waals surface area contributed by atoms with Crippen LogP contribution in [-0.4, -0.2) is 9.38 Å². The zero-order valence-corrected chi connectivity index (χ0v) is 18.9. The first-order chi connectivity index (χ1) is 14.7. The number of pyridine rings is 1. The Hall–Kier alpha value is -2.35. The maximum absolute atomic E-state index is 4.80. The zero-order valence-electron chi connectivity index (χ0n) is 18.9. The number of hydrogen-bond acceptors (Lipinski definition) is 1. The largest absolute Gasteiger partial charge is 0.299 e. The highest BCUT2D eigenvalue weighted by Crippen LogP contribution is 2.55. The quantitative estimate of drug-likeness (QED) is 0.313. The third-order valence-electron chi connectivity index (χ3n) is 7.85. The van der Waals surface area contributed by atoms with Crippen molar-refractivity contribution in [1.82, 2.24) is 9.38 Å². The van der Waals surface area contributed by atoms with Crippen molar-refractivity contribution in [2.45, 2.75) is 77.6 Å². The Morgan fingerprint density at radius 3 is 2.50 bits per heavy atom. The van der Waals surface area contributed by atoms with Crippen LogP contribution >= 0.6 is 0 Å². The maximum atomic E-state index is 4.80. The third kappa shape index (κ3) is 2.87. The molecule has 0 saturated heterocycles. The van der Waals surface area contributed by atoms with Gasteiger partial charge >= 0.3 is 0 Å². The van der Waals surface area contributed by atoms with Crippen LogP contribution in [0, 0.1) is 5.92 Å². The molecule has 30 heavy (non-hydrogen) atoms. The molecule has 2 heterocycles. The molecule has 0 N–H and O–H groups in total. The minimum absolute atomic E-state index is 0.292. The van der Waals surface area contributed by atoms with Crippen LogP contribution < -0.4 is 0 Å². The smallest absolute Gasteiger partial charge is 0.145 e. The number of hydrogen-bond donors (Lipinski definition) is 0. The Morgan fingerprint density at radius 2 is 1.77 bits per heavy atom. The van der Waals surface area contributed by atoms with Crippen LogP contribution in [0.5, 0.6) is 0 Å². The fourth-order valence-corrected chi connectivity index (χ4v) is 5.80. The van der Waals surface area contributed by atoms with E-state index in [1.165, 1.54) is 71.3 Å². The number of rotatable bonds is 2. The topological polar surface area (TPSA) is 17.3 Å². The van der Waals surface area contributed by atoms with Gasteiger partial charge < -0.3 is 0 Å². The molecule has 2 heteroatoms. The summed E-state index contributed by atoms with van der Waals surface area (Å²) in [6.07, 6.45) is 12.2. The monoisotopic (exact) mass is 398 g/mol. The van der Waals surface area contributed by atoms with Gasteiger partial charge in [-0.1, -0.05) is 71.2 Å². The van der Waals surface area contributed by atoms with Crippen LogP contribution in [0.1, 0.15) is 83.3 Å². The van der Waals surface area contributed by atoms with Crippen molar-refractivity contribution >= 4 is 27.3 Å². The Balaban J connectivity index is 0.000000937. The van der Waals surface area contributed by atoms with Crippen LogP contribution in [0.3, 0.4) is 0 Å². The summed E-state index contributed by atoms with van der Waals surface area (Å²) >= 11 is 0. The number of benzene rings is 2. The van der Waals surface area contributed by atoms with Gasteiger partial charge in [-0.05, 0) is 65.2 Å². The summed E-state index contributed by atoms with van der Waals surface area (Å²) in [5, 5.41) is 4.14. The van der Waals surface area contributed by atoms with Crippen molar-refractivity contribution in [2.24, 2.45) is 5.92 Å². The van der Waals surface area contributed by atoms with E-state index in [1.807, 2.05) is 20.0 Å². The van der Waals surface area contributed by atoms with E-state index in [0.29, 0.717) is 5.41 Å². The van der Waals surface area contributed by atoms with Gasteiger partial charge in [0.05, 0.1) is 5.52 Å². The average molecular weight is 399 g/mol. The Morgan fingerprint density at radius 1 is 1.00 bits per heavy atom. The summed E-state index contributed by atoms with van der Waals surface area (Å²) in [4.78, 5) is 4.80. The normalized spacial score (nSPS) is 24.2. The Bertz CT molecular complexity index is 1210. The molecular formula is C28H34N2. The van der Waals surface area contributed by atoms with Crippen molar-refractivity contribution in [3.8, 4) is 0 Å². The predicted molar refractivity (Wildman–Crippen MR) is 129 cm³/mol. The molecule has 0 spiro atoms. The second-order valence-electron chi connectivity index (χ2n) is 9.48. The van der Waals surface area contributed by atoms with Crippen LogP contribution in [0.2, 0.25) is 0 Å². The summed E-state index contributed by atoms with van der Waals surface area (Å²) in [7, 11) is 0. The fraction of sp³-hybridized carbons (Fsp3) is 0.464. The second kappa shape index (κ2) is 7.41. The standard InChI is InChI=1S/C26H28N2.C2H6/c1-17-16-26(17,2)22-10-6-9-20-21-15-19(18-7-4-3-5-8-18)11-12-23(21)28-14-13-27-25(28)24(20)22;1-2/h6,9-15,17-18H,3-5,7-8,16H2,1-2H3;1-2H3/t17-,26?;/m0./s1. The molecular weight excluding hydrogens is 364 g/mol. The van der Waals surface area contributed by atoms with E-state index in [-0.39, 0.29) is 0 Å². The summed E-state index contributed by atoms with van der Waals surface area (Å²) in [6.45, 7) is 8.80. The third-order valence-corrected chi connectivity index (χ3v) is 7.85. The van der Waals surface area contributed by atoms with E-state index < -0.39 is 0 Å². The molecule has 2 aromatic heterocycles. The van der Waals surface area contributed by atoms with Gasteiger partial charge in [-0.2, -0.15) is 0 Å². The van der Waals surface area contributed by atoms with E-state index in [1.54, 1.807) is 0 Å². The summed E-state index contributed by atoms with van der Waals surface area (Å²) < 4.78 is 2.31. The van der Waals surface area contributed by atoms with Crippen LogP contribution in [0.25, 0.3) is 27.3 Å². The highest BCUT2D eigenvalue weighted by Gasteiger charge is 2.48. The highest BCUT2D eigenvalue weighted by atomic mass is 15.0. The molecule has 156 valence electrons. The summed E-state index contributed by atoms with van der Waals surface area (Å²) in [6, 6.07) is 14.1. The SMILES string of the molecule is CC.C[C@H]1CC1(C)c1cccc2c3cc(C4CCCCC4)ccc3n3ccnc3c12. The van der Waals surface area contributed by atoms with E-state index in [9.17, 15) is 0 Å². The molecule has 2 nitrogen and oxygen atoms in total. The second-order valence-corrected chi connectivity index (χ2v) is 9.48. The van der Waals surface area contributed by atoms with Gasteiger partial charge in [-0.25, -0.2) is 4.98 Å². The first kappa shape index (κ1) is 19.6. The average Bonchev–Trinajstić information content (AvgIpc) is 3.18. The lowest BCUT2D eigenvalue weighted by Crippen LogP contribution is -2.06. The molecule has 1 unspecified atom stereocenters. The van der Waals surface area contributed by atoms with Crippen molar-refractivity contribution < 1.29 is 0 Å². The van der Waals surface area contributed by atoms with Gasteiger partial charge in [0.2, 0.25) is 0 Å². The molecule has 0 aliphatic heterocycles. The van der Waals surface area contributed by atoms with E-state index in [4.69, 9.17) is 4.98 Å². The minimum atomic E-state index is 0.292. The van der Waals surface area contributed by atoms with Gasteiger partial charge in [-0.15, -0.1) is 0 Å². The summed E-state index contributed by atoms with van der Waals surface area (Å²) in [5.74, 6) is 1.48. The van der Waals surface area contributed by atoms with Crippen LogP contribution in [-0.2, 0) is 5.41 Å². The number of imidazole rings is 1. The molecule has 4 aromatic rings. The lowest BCUT2D eigenvalue weighted by atomic mass is 9.83. The predicted octanol–water partition coefficient (Wildman–Crippen LogP) is 8.01. The molecule has 0 amide bonds. The van der Waals surface area contributed by atoms with E-state index >= 15 is 0 Å². The van der Waals surface area contributed by atoms with Crippen molar-refractivity contribution in [2.75, 3.05) is 0 Å². The molecule has 2 fully saturated rings. The maximum Gasteiger partial charge on any atom is 0.145 e. The number of nitrogens with zero attached hydrogens (tertiary/aromatic N) is 2. The van der Waals surface area contributed by atoms with E-state index in [0.717, 1.165) is 17.5 Å². The molecule has 2 aliphatic rings. The highest BCUT2D eigenvalue weighted by molar-refractivity contribution is 6.13. The molecule has 2 saturated carbocycles. The van der Waals surface area contributed by atoms with Crippen molar-refractivity contribution in [1.29, 1.82) is 0 Å². The molecule has 6 rings (SSSR count). The zero-order chi connectivity index (χ0) is 20.9. The first-order valence-corrected chi connectivity index (χ1v) is 12.0. The molecule has 2 aromatic carbocycles. The summed E-state index contributed by atoms with van der Waals surface area (Å²) in [5.41, 5.74) is 5.71.